The van der Waals surface area contributed by atoms with E-state index in [1.165, 1.54) is 0 Å². The Kier molecular flexibility index (Phi) is 4.94. The predicted molar refractivity (Wildman–Crippen MR) is 77.4 cm³/mol. The summed E-state index contributed by atoms with van der Waals surface area (Å²) in [7, 11) is 0. The number of imide groups is 1. The van der Waals surface area contributed by atoms with Gasteiger partial charge >= 0.3 is 6.09 Å². The molecule has 0 aliphatic rings. The molecular formula is C14H13ClN2O4. The molecule has 0 saturated heterocycles. The summed E-state index contributed by atoms with van der Waals surface area (Å²) in [5.74, 6) is -0.193. The van der Waals surface area contributed by atoms with E-state index in [0.29, 0.717) is 16.3 Å². The Morgan fingerprint density at radius 3 is 2.90 bits per heavy atom. The Hall–Kier alpha value is -2.34. The van der Waals surface area contributed by atoms with Crippen molar-refractivity contribution >= 4 is 34.5 Å². The second-order valence-corrected chi connectivity index (χ2v) is 4.41. The highest BCUT2D eigenvalue weighted by atomic mass is 35.5. The van der Waals surface area contributed by atoms with Gasteiger partial charge in [0.15, 0.2) is 6.61 Å². The van der Waals surface area contributed by atoms with Crippen LogP contribution in [0.5, 0.6) is 5.75 Å². The van der Waals surface area contributed by atoms with Crippen molar-refractivity contribution in [2.45, 2.75) is 6.92 Å². The average molecular weight is 309 g/mol. The maximum atomic E-state index is 11.5. The summed E-state index contributed by atoms with van der Waals surface area (Å²) in [4.78, 5) is 26.8. The largest absolute Gasteiger partial charge is 0.481 e. The molecule has 1 aromatic carbocycles. The first-order chi connectivity index (χ1) is 10.1. The van der Waals surface area contributed by atoms with Gasteiger partial charge in [0.2, 0.25) is 0 Å². The van der Waals surface area contributed by atoms with Crippen LogP contribution < -0.4 is 10.1 Å². The molecule has 0 aliphatic carbocycles. The molecule has 0 aliphatic heterocycles. The Morgan fingerprint density at radius 1 is 1.33 bits per heavy atom. The lowest BCUT2D eigenvalue weighted by atomic mass is 10.2. The quantitative estimate of drug-likeness (QED) is 0.939. The fourth-order valence-corrected chi connectivity index (χ4v) is 1.90. The van der Waals surface area contributed by atoms with E-state index in [1.54, 1.807) is 37.4 Å². The van der Waals surface area contributed by atoms with E-state index >= 15 is 0 Å². The fourth-order valence-electron chi connectivity index (χ4n) is 1.69. The summed E-state index contributed by atoms with van der Waals surface area (Å²) >= 11 is 6.06. The van der Waals surface area contributed by atoms with Gasteiger partial charge in [-0.15, -0.1) is 0 Å². The van der Waals surface area contributed by atoms with Gasteiger partial charge in [0, 0.05) is 11.6 Å². The molecule has 21 heavy (non-hydrogen) atoms. The molecule has 1 heterocycles. The number of nitrogens with zero attached hydrogens (tertiary/aromatic N) is 1. The molecular weight excluding hydrogens is 296 g/mol. The maximum Gasteiger partial charge on any atom is 0.413 e. The highest BCUT2D eigenvalue weighted by Crippen LogP contribution is 2.29. The number of nitrogens with one attached hydrogen (secondary N) is 1. The minimum Gasteiger partial charge on any atom is -0.481 e. The highest BCUT2D eigenvalue weighted by molar-refractivity contribution is 6.35. The van der Waals surface area contributed by atoms with Crippen molar-refractivity contribution < 1.29 is 19.1 Å². The average Bonchev–Trinajstić information content (AvgIpc) is 2.47. The number of carbonyl (C=O) groups is 2. The first-order valence-electron chi connectivity index (χ1n) is 6.24. The smallest absolute Gasteiger partial charge is 0.413 e. The first-order valence-corrected chi connectivity index (χ1v) is 6.62. The number of hydrogen-bond acceptors (Lipinski definition) is 5. The lowest BCUT2D eigenvalue weighted by molar-refractivity contribution is -0.122. The van der Waals surface area contributed by atoms with Gasteiger partial charge in [-0.3, -0.25) is 15.1 Å². The van der Waals surface area contributed by atoms with E-state index in [9.17, 15) is 9.59 Å². The highest BCUT2D eigenvalue weighted by Gasteiger charge is 2.11. The third-order valence-electron chi connectivity index (χ3n) is 2.56. The van der Waals surface area contributed by atoms with Gasteiger partial charge < -0.3 is 9.47 Å². The third kappa shape index (κ3) is 3.82. The topological polar surface area (TPSA) is 77.5 Å². The first kappa shape index (κ1) is 15.1. The van der Waals surface area contributed by atoms with Gasteiger partial charge in [0.05, 0.1) is 11.6 Å². The van der Waals surface area contributed by atoms with Gasteiger partial charge in [-0.1, -0.05) is 11.6 Å². The molecule has 1 aromatic heterocycles. The van der Waals surface area contributed by atoms with Crippen LogP contribution in [-0.2, 0) is 9.53 Å². The lowest BCUT2D eigenvalue weighted by Crippen LogP contribution is -2.34. The van der Waals surface area contributed by atoms with Crippen molar-refractivity contribution in [2.24, 2.45) is 0 Å². The van der Waals surface area contributed by atoms with Gasteiger partial charge in [0.25, 0.3) is 5.91 Å². The molecule has 110 valence electrons. The summed E-state index contributed by atoms with van der Waals surface area (Å²) < 4.78 is 9.97. The number of alkyl carbamates (subject to hydrolysis) is 1. The van der Waals surface area contributed by atoms with E-state index in [0.717, 1.165) is 5.39 Å². The van der Waals surface area contributed by atoms with Crippen molar-refractivity contribution in [2.75, 3.05) is 13.2 Å². The number of rotatable bonds is 4. The van der Waals surface area contributed by atoms with Crippen LogP contribution in [0.4, 0.5) is 4.79 Å². The molecule has 6 nitrogen and oxygen atoms in total. The van der Waals surface area contributed by atoms with Crippen LogP contribution in [0.1, 0.15) is 6.92 Å². The Balaban J connectivity index is 2.06. The van der Waals surface area contributed by atoms with Gasteiger partial charge in [-0.05, 0) is 31.2 Å². The van der Waals surface area contributed by atoms with Crippen LogP contribution in [-0.4, -0.2) is 30.2 Å². The van der Waals surface area contributed by atoms with Gasteiger partial charge in [-0.25, -0.2) is 4.79 Å². The van der Waals surface area contributed by atoms with E-state index < -0.39 is 12.0 Å². The number of hydrogen-bond donors (Lipinski definition) is 1. The normalized spacial score (nSPS) is 10.2. The Bertz CT molecular complexity index is 675. The second kappa shape index (κ2) is 6.90. The van der Waals surface area contributed by atoms with Gasteiger partial charge in [0.1, 0.15) is 11.3 Å². The molecule has 2 rings (SSSR count). The fraction of sp³-hybridized carbons (Fsp3) is 0.214. The van der Waals surface area contributed by atoms with E-state index in [-0.39, 0.29) is 13.2 Å². The zero-order chi connectivity index (χ0) is 15.2. The summed E-state index contributed by atoms with van der Waals surface area (Å²) in [6.45, 7) is 1.50. The van der Waals surface area contributed by atoms with Crippen LogP contribution in [0, 0.1) is 0 Å². The molecule has 0 saturated carbocycles. The SMILES string of the molecule is CCOC(=O)NC(=O)COc1ccc(Cl)c2cccnc12. The van der Waals surface area contributed by atoms with Crippen molar-refractivity contribution in [1.29, 1.82) is 0 Å². The Morgan fingerprint density at radius 2 is 2.14 bits per heavy atom. The molecule has 2 aromatic rings. The van der Waals surface area contributed by atoms with Crippen LogP contribution in [0.2, 0.25) is 5.02 Å². The monoisotopic (exact) mass is 308 g/mol. The molecule has 0 unspecified atom stereocenters. The minimum atomic E-state index is -0.801. The predicted octanol–water partition coefficient (Wildman–Crippen LogP) is 2.54. The molecule has 1 N–H and O–H groups in total. The summed E-state index contributed by atoms with van der Waals surface area (Å²) in [6.07, 6.45) is 0.801. The molecule has 0 radical (unpaired) electrons. The minimum absolute atomic E-state index is 0.186. The second-order valence-electron chi connectivity index (χ2n) is 4.00. The molecule has 0 atom stereocenters. The summed E-state index contributed by atoms with van der Waals surface area (Å²) in [5, 5.41) is 3.31. The van der Waals surface area contributed by atoms with Crippen LogP contribution in [0.3, 0.4) is 0 Å². The number of amides is 2. The standard InChI is InChI=1S/C14H13ClN2O4/c1-2-20-14(19)17-12(18)8-21-11-6-5-10(15)9-4-3-7-16-13(9)11/h3-7H,2,8H2,1H3,(H,17,18,19). The van der Waals surface area contributed by atoms with Crippen molar-refractivity contribution in [3.63, 3.8) is 0 Å². The summed E-state index contributed by atoms with van der Waals surface area (Å²) in [6, 6.07) is 6.83. The maximum absolute atomic E-state index is 11.5. The van der Waals surface area contributed by atoms with Gasteiger partial charge in [-0.2, -0.15) is 0 Å². The molecule has 0 bridgehead atoms. The van der Waals surface area contributed by atoms with Crippen molar-refractivity contribution in [3.05, 3.63) is 35.5 Å². The van der Waals surface area contributed by atoms with Crippen molar-refractivity contribution in [1.82, 2.24) is 10.3 Å². The third-order valence-corrected chi connectivity index (χ3v) is 2.88. The van der Waals surface area contributed by atoms with Crippen LogP contribution >= 0.6 is 11.6 Å². The Labute approximate surface area is 126 Å². The number of fused-ring (bicyclic) bond motifs is 1. The molecule has 0 fully saturated rings. The number of ether oxygens (including phenoxy) is 2. The number of pyridine rings is 1. The van der Waals surface area contributed by atoms with Crippen molar-refractivity contribution in [3.8, 4) is 5.75 Å². The number of carbonyl (C=O) groups excluding carboxylic acids is 2. The summed E-state index contributed by atoms with van der Waals surface area (Å²) in [5.41, 5.74) is 0.550. The van der Waals surface area contributed by atoms with Crippen LogP contribution in [0.15, 0.2) is 30.5 Å². The number of halogens is 1. The zero-order valence-corrected chi connectivity index (χ0v) is 12.0. The van der Waals surface area contributed by atoms with E-state index in [4.69, 9.17) is 16.3 Å². The van der Waals surface area contributed by atoms with Crippen LogP contribution in [0.25, 0.3) is 10.9 Å². The number of benzene rings is 1. The molecule has 2 amide bonds. The van der Waals surface area contributed by atoms with E-state index in [2.05, 4.69) is 9.72 Å². The zero-order valence-electron chi connectivity index (χ0n) is 11.3. The molecule has 7 heteroatoms. The van der Waals surface area contributed by atoms with E-state index in [1.807, 2.05) is 5.32 Å². The number of aromatic nitrogens is 1. The molecule has 0 spiro atoms. The lowest BCUT2D eigenvalue weighted by Gasteiger charge is -2.09.